The molecule has 0 bridgehead atoms. The molecule has 96 valence electrons. The average molecular weight is 244 g/mol. The second-order valence-corrected chi connectivity index (χ2v) is 5.63. The maximum Gasteiger partial charge on any atom is 0.118 e. The van der Waals surface area contributed by atoms with E-state index >= 15 is 0 Å². The third-order valence-corrected chi connectivity index (χ3v) is 3.62. The quantitative estimate of drug-likeness (QED) is 0.824. The van der Waals surface area contributed by atoms with Crippen LogP contribution < -0.4 is 0 Å². The standard InChI is InChI=1S/C16H20O2/c1-11-8-13(4-5-14(11)17)10-16(3)7-6-15(18)12(2)9-16/h4-8,17-18H,9-10H2,1-3H3. The highest BCUT2D eigenvalue weighted by Gasteiger charge is 2.26. The summed E-state index contributed by atoms with van der Waals surface area (Å²) in [5, 5.41) is 19.2. The van der Waals surface area contributed by atoms with Crippen molar-refractivity contribution >= 4 is 0 Å². The number of aromatic hydroxyl groups is 1. The van der Waals surface area contributed by atoms with E-state index in [0.29, 0.717) is 11.5 Å². The Hall–Kier alpha value is -1.70. The van der Waals surface area contributed by atoms with Crippen LogP contribution in [0.25, 0.3) is 0 Å². The number of hydrogen-bond acceptors (Lipinski definition) is 2. The molecule has 2 N–H and O–H groups in total. The number of rotatable bonds is 2. The first-order chi connectivity index (χ1) is 8.39. The van der Waals surface area contributed by atoms with Crippen LogP contribution in [0.15, 0.2) is 41.7 Å². The second kappa shape index (κ2) is 4.52. The van der Waals surface area contributed by atoms with Crippen LogP contribution in [-0.4, -0.2) is 10.2 Å². The Bertz CT molecular complexity index is 526. The minimum atomic E-state index is 0.0414. The number of hydrogen-bond donors (Lipinski definition) is 2. The zero-order valence-corrected chi connectivity index (χ0v) is 11.2. The highest BCUT2D eigenvalue weighted by atomic mass is 16.3. The normalized spacial score (nSPS) is 23.5. The Morgan fingerprint density at radius 2 is 1.94 bits per heavy atom. The van der Waals surface area contributed by atoms with Crippen LogP contribution in [0.3, 0.4) is 0 Å². The van der Waals surface area contributed by atoms with Gasteiger partial charge in [-0.25, -0.2) is 0 Å². The fraction of sp³-hybridized carbons (Fsp3) is 0.375. The third kappa shape index (κ3) is 2.58. The molecule has 0 spiro atoms. The van der Waals surface area contributed by atoms with Crippen LogP contribution in [0.4, 0.5) is 0 Å². The molecule has 1 aliphatic rings. The summed E-state index contributed by atoms with van der Waals surface area (Å²) in [6, 6.07) is 5.75. The maximum atomic E-state index is 9.62. The van der Waals surface area contributed by atoms with Gasteiger partial charge in [-0.05, 0) is 60.9 Å². The minimum Gasteiger partial charge on any atom is -0.508 e. The second-order valence-electron chi connectivity index (χ2n) is 5.63. The molecular weight excluding hydrogens is 224 g/mol. The SMILES string of the molecule is CC1=C(O)C=CC(C)(Cc2ccc(O)c(C)c2)C1. The molecule has 0 saturated heterocycles. The topological polar surface area (TPSA) is 40.5 Å². The van der Waals surface area contributed by atoms with Gasteiger partial charge in [0, 0.05) is 0 Å². The fourth-order valence-electron chi connectivity index (χ4n) is 2.59. The zero-order chi connectivity index (χ0) is 13.3. The molecule has 0 heterocycles. The van der Waals surface area contributed by atoms with E-state index in [-0.39, 0.29) is 5.41 Å². The molecule has 1 aromatic carbocycles. The molecule has 1 unspecified atom stereocenters. The van der Waals surface area contributed by atoms with Gasteiger partial charge in [0.15, 0.2) is 0 Å². The lowest BCUT2D eigenvalue weighted by Gasteiger charge is -2.30. The van der Waals surface area contributed by atoms with Gasteiger partial charge in [0.25, 0.3) is 0 Å². The van der Waals surface area contributed by atoms with Crippen LogP contribution in [0.2, 0.25) is 0 Å². The number of aliphatic hydroxyl groups is 1. The summed E-state index contributed by atoms with van der Waals surface area (Å²) in [4.78, 5) is 0. The predicted molar refractivity (Wildman–Crippen MR) is 73.7 cm³/mol. The summed E-state index contributed by atoms with van der Waals surface area (Å²) in [6.07, 6.45) is 5.66. The molecule has 1 aliphatic carbocycles. The van der Waals surface area contributed by atoms with E-state index in [1.165, 1.54) is 5.56 Å². The van der Waals surface area contributed by atoms with Crippen molar-refractivity contribution in [2.24, 2.45) is 5.41 Å². The summed E-state index contributed by atoms with van der Waals surface area (Å²) >= 11 is 0. The van der Waals surface area contributed by atoms with E-state index in [4.69, 9.17) is 0 Å². The van der Waals surface area contributed by atoms with E-state index in [9.17, 15) is 10.2 Å². The van der Waals surface area contributed by atoms with E-state index in [2.05, 4.69) is 13.0 Å². The summed E-state index contributed by atoms with van der Waals surface area (Å²) in [5.74, 6) is 0.742. The van der Waals surface area contributed by atoms with Gasteiger partial charge in [0.2, 0.25) is 0 Å². The zero-order valence-electron chi connectivity index (χ0n) is 11.2. The van der Waals surface area contributed by atoms with Crippen LogP contribution in [0.1, 0.15) is 31.4 Å². The molecule has 2 heteroatoms. The van der Waals surface area contributed by atoms with Crippen molar-refractivity contribution in [2.75, 3.05) is 0 Å². The summed E-state index contributed by atoms with van der Waals surface area (Å²) in [7, 11) is 0. The van der Waals surface area contributed by atoms with Gasteiger partial charge in [-0.1, -0.05) is 25.1 Å². The van der Waals surface area contributed by atoms with Gasteiger partial charge < -0.3 is 10.2 Å². The molecule has 0 aliphatic heterocycles. The van der Waals surface area contributed by atoms with Gasteiger partial charge in [-0.3, -0.25) is 0 Å². The van der Waals surface area contributed by atoms with Gasteiger partial charge >= 0.3 is 0 Å². The molecule has 0 saturated carbocycles. The maximum absolute atomic E-state index is 9.62. The van der Waals surface area contributed by atoms with Crippen molar-refractivity contribution in [1.29, 1.82) is 0 Å². The monoisotopic (exact) mass is 244 g/mol. The number of phenolic OH excluding ortho intramolecular Hbond substituents is 1. The van der Waals surface area contributed by atoms with E-state index in [0.717, 1.165) is 24.0 Å². The summed E-state index contributed by atoms with van der Waals surface area (Å²) in [6.45, 7) is 6.08. The van der Waals surface area contributed by atoms with Crippen molar-refractivity contribution in [2.45, 2.75) is 33.6 Å². The molecule has 1 atom stereocenters. The first kappa shape index (κ1) is 12.7. The third-order valence-electron chi connectivity index (χ3n) is 3.62. The smallest absolute Gasteiger partial charge is 0.118 e. The van der Waals surface area contributed by atoms with Crippen molar-refractivity contribution in [3.8, 4) is 5.75 Å². The van der Waals surface area contributed by atoms with Gasteiger partial charge in [-0.15, -0.1) is 0 Å². The summed E-state index contributed by atoms with van der Waals surface area (Å²) in [5.41, 5.74) is 3.20. The van der Waals surface area contributed by atoms with Gasteiger partial charge in [0.05, 0.1) is 0 Å². The van der Waals surface area contributed by atoms with Crippen LogP contribution >= 0.6 is 0 Å². The van der Waals surface area contributed by atoms with Crippen LogP contribution in [-0.2, 0) is 6.42 Å². The van der Waals surface area contributed by atoms with Crippen LogP contribution in [0, 0.1) is 12.3 Å². The molecule has 2 nitrogen and oxygen atoms in total. The number of aliphatic hydroxyl groups excluding tert-OH is 1. The molecule has 0 fully saturated rings. The molecule has 0 radical (unpaired) electrons. The van der Waals surface area contributed by atoms with Crippen molar-refractivity contribution in [3.63, 3.8) is 0 Å². The van der Waals surface area contributed by atoms with E-state index < -0.39 is 0 Å². The van der Waals surface area contributed by atoms with Crippen LogP contribution in [0.5, 0.6) is 5.75 Å². The summed E-state index contributed by atoms with van der Waals surface area (Å²) < 4.78 is 0. The Morgan fingerprint density at radius 1 is 1.22 bits per heavy atom. The Balaban J connectivity index is 2.19. The lowest BCUT2D eigenvalue weighted by atomic mass is 9.75. The number of phenols is 1. The lowest BCUT2D eigenvalue weighted by Crippen LogP contribution is -2.20. The Kier molecular flexibility index (Phi) is 3.20. The first-order valence-corrected chi connectivity index (χ1v) is 6.26. The number of allylic oxidation sites excluding steroid dienone is 3. The Morgan fingerprint density at radius 3 is 2.56 bits per heavy atom. The molecule has 0 amide bonds. The van der Waals surface area contributed by atoms with Crippen molar-refractivity contribution in [3.05, 3.63) is 52.8 Å². The van der Waals surface area contributed by atoms with Crippen molar-refractivity contribution in [1.82, 2.24) is 0 Å². The molecular formula is C16H20O2. The lowest BCUT2D eigenvalue weighted by molar-refractivity contribution is 0.366. The highest BCUT2D eigenvalue weighted by molar-refractivity contribution is 5.36. The van der Waals surface area contributed by atoms with Gasteiger partial charge in [0.1, 0.15) is 11.5 Å². The molecule has 1 aromatic rings. The molecule has 0 aromatic heterocycles. The fourth-order valence-corrected chi connectivity index (χ4v) is 2.59. The van der Waals surface area contributed by atoms with Gasteiger partial charge in [-0.2, -0.15) is 0 Å². The molecule has 2 rings (SSSR count). The van der Waals surface area contributed by atoms with Crippen molar-refractivity contribution < 1.29 is 10.2 Å². The minimum absolute atomic E-state index is 0.0414. The highest BCUT2D eigenvalue weighted by Crippen LogP contribution is 2.36. The first-order valence-electron chi connectivity index (χ1n) is 6.26. The number of aryl methyl sites for hydroxylation is 1. The molecule has 18 heavy (non-hydrogen) atoms. The Labute approximate surface area is 108 Å². The van der Waals surface area contributed by atoms with E-state index in [1.807, 2.05) is 26.0 Å². The average Bonchev–Trinajstić information content (AvgIpc) is 2.29. The number of benzene rings is 1. The van der Waals surface area contributed by atoms with E-state index in [1.54, 1.807) is 12.1 Å². The largest absolute Gasteiger partial charge is 0.508 e. The predicted octanol–water partition coefficient (Wildman–Crippen LogP) is 4.04.